The van der Waals surface area contributed by atoms with Crippen LogP contribution in [0.5, 0.6) is 0 Å². The molecule has 1 aliphatic heterocycles. The molecule has 120 valence electrons. The number of aliphatic carboxylic acids is 1. The van der Waals surface area contributed by atoms with Crippen LogP contribution in [0.3, 0.4) is 0 Å². The Balaban J connectivity index is 2.18. The van der Waals surface area contributed by atoms with Gasteiger partial charge in [-0.15, -0.1) is 0 Å². The Morgan fingerprint density at radius 2 is 2.05 bits per heavy atom. The number of carbonyl (C=O) groups is 2. The number of carboxylic acids is 1. The van der Waals surface area contributed by atoms with Gasteiger partial charge >= 0.3 is 12.1 Å². The summed E-state index contributed by atoms with van der Waals surface area (Å²) in [5.74, 6) is -1.95. The number of nitrogens with zero attached hydrogens (tertiary/aromatic N) is 2. The van der Waals surface area contributed by atoms with Gasteiger partial charge in [0.2, 0.25) is 0 Å². The zero-order chi connectivity index (χ0) is 16.5. The van der Waals surface area contributed by atoms with Gasteiger partial charge in [0, 0.05) is 25.2 Å². The molecule has 1 fully saturated rings. The lowest BCUT2D eigenvalue weighted by molar-refractivity contribution is -0.141. The minimum atomic E-state index is -0.939. The fourth-order valence-corrected chi connectivity index (χ4v) is 2.59. The summed E-state index contributed by atoms with van der Waals surface area (Å²) in [6.07, 6.45) is 1.06. The average Bonchev–Trinajstić information content (AvgIpc) is 2.83. The highest BCUT2D eigenvalue weighted by atomic mass is 35.5. The summed E-state index contributed by atoms with van der Waals surface area (Å²) in [6, 6.07) is 3.36. The van der Waals surface area contributed by atoms with Crippen LogP contribution >= 0.6 is 11.6 Å². The molecule has 2 atom stereocenters. The molecule has 0 saturated carbocycles. The van der Waals surface area contributed by atoms with Crippen LogP contribution < -0.4 is 0 Å². The molecule has 6 nitrogen and oxygen atoms in total. The van der Waals surface area contributed by atoms with Crippen LogP contribution in [-0.4, -0.2) is 45.7 Å². The number of amides is 1. The zero-order valence-corrected chi connectivity index (χ0v) is 13.5. The van der Waals surface area contributed by atoms with Gasteiger partial charge in [0.15, 0.2) is 0 Å². The van der Waals surface area contributed by atoms with Gasteiger partial charge in [-0.25, -0.2) is 9.78 Å². The Hall–Kier alpha value is -1.82. The van der Waals surface area contributed by atoms with Crippen molar-refractivity contribution in [2.45, 2.75) is 32.3 Å². The van der Waals surface area contributed by atoms with Gasteiger partial charge in [-0.1, -0.05) is 17.7 Å². The monoisotopic (exact) mass is 326 g/mol. The summed E-state index contributed by atoms with van der Waals surface area (Å²) in [6.45, 7) is 5.73. The molecule has 2 rings (SSSR count). The molecular weight excluding hydrogens is 308 g/mol. The van der Waals surface area contributed by atoms with E-state index < -0.39 is 23.6 Å². The number of hydrogen-bond donors (Lipinski definition) is 1. The Kier molecular flexibility index (Phi) is 4.60. The van der Waals surface area contributed by atoms with E-state index in [1.54, 1.807) is 39.1 Å². The van der Waals surface area contributed by atoms with Crippen molar-refractivity contribution in [1.29, 1.82) is 0 Å². The van der Waals surface area contributed by atoms with Crippen LogP contribution in [0, 0.1) is 5.92 Å². The van der Waals surface area contributed by atoms with E-state index in [1.807, 2.05) is 0 Å². The lowest BCUT2D eigenvalue weighted by Crippen LogP contribution is -2.35. The fraction of sp³-hybridized carbons (Fsp3) is 0.533. The molecule has 7 heteroatoms. The number of aromatic nitrogens is 1. The van der Waals surface area contributed by atoms with E-state index in [4.69, 9.17) is 16.3 Å². The second kappa shape index (κ2) is 6.12. The van der Waals surface area contributed by atoms with Crippen LogP contribution in [-0.2, 0) is 9.53 Å². The van der Waals surface area contributed by atoms with E-state index in [0.717, 1.165) is 5.56 Å². The van der Waals surface area contributed by atoms with Crippen molar-refractivity contribution in [1.82, 2.24) is 9.88 Å². The van der Waals surface area contributed by atoms with Crippen molar-refractivity contribution < 1.29 is 19.4 Å². The molecular formula is C15H19ClN2O4. The normalized spacial score (nSPS) is 21.7. The Labute approximate surface area is 134 Å². The number of carbonyl (C=O) groups excluding carboxylic acids is 1. The van der Waals surface area contributed by atoms with Gasteiger partial charge in [-0.05, 0) is 32.4 Å². The van der Waals surface area contributed by atoms with Gasteiger partial charge in [0.25, 0.3) is 0 Å². The topological polar surface area (TPSA) is 79.7 Å². The van der Waals surface area contributed by atoms with Gasteiger partial charge < -0.3 is 14.7 Å². The van der Waals surface area contributed by atoms with Crippen LogP contribution in [0.4, 0.5) is 4.79 Å². The third-order valence-electron chi connectivity index (χ3n) is 3.47. The molecule has 0 radical (unpaired) electrons. The lowest BCUT2D eigenvalue weighted by Gasteiger charge is -2.24. The minimum Gasteiger partial charge on any atom is -0.481 e. The first-order chi connectivity index (χ1) is 10.2. The SMILES string of the molecule is CC(C)(C)OC(=O)N1CC(C(=O)O)C(c2ccc(Cl)nc2)C1. The van der Waals surface area contributed by atoms with E-state index in [2.05, 4.69) is 4.98 Å². The first-order valence-electron chi connectivity index (χ1n) is 6.99. The number of carboxylic acid groups (broad SMARTS) is 1. The van der Waals surface area contributed by atoms with Gasteiger partial charge in [-0.3, -0.25) is 4.79 Å². The maximum atomic E-state index is 12.1. The third kappa shape index (κ3) is 3.88. The summed E-state index contributed by atoms with van der Waals surface area (Å²) < 4.78 is 5.31. The molecule has 1 aromatic rings. The molecule has 0 aliphatic carbocycles. The highest BCUT2D eigenvalue weighted by Gasteiger charge is 2.41. The Morgan fingerprint density at radius 3 is 2.55 bits per heavy atom. The molecule has 2 heterocycles. The van der Waals surface area contributed by atoms with Gasteiger partial charge in [-0.2, -0.15) is 0 Å². The van der Waals surface area contributed by atoms with Crippen molar-refractivity contribution in [3.63, 3.8) is 0 Å². The maximum Gasteiger partial charge on any atom is 0.410 e. The van der Waals surface area contributed by atoms with Gasteiger partial charge in [0.05, 0.1) is 5.92 Å². The highest BCUT2D eigenvalue weighted by Crippen LogP contribution is 2.33. The number of ether oxygens (including phenoxy) is 1. The molecule has 0 bridgehead atoms. The van der Waals surface area contributed by atoms with Crippen LogP contribution in [0.25, 0.3) is 0 Å². The fourth-order valence-electron chi connectivity index (χ4n) is 2.47. The van der Waals surface area contributed by atoms with Crippen molar-refractivity contribution in [3.05, 3.63) is 29.0 Å². The number of rotatable bonds is 2. The summed E-state index contributed by atoms with van der Waals surface area (Å²) >= 11 is 5.76. The molecule has 2 unspecified atom stereocenters. The number of pyridine rings is 1. The molecule has 1 aromatic heterocycles. The number of halogens is 1. The molecule has 1 aliphatic rings. The van der Waals surface area contributed by atoms with Crippen LogP contribution in [0.1, 0.15) is 32.3 Å². The second-order valence-electron chi connectivity index (χ2n) is 6.35. The molecule has 1 saturated heterocycles. The summed E-state index contributed by atoms with van der Waals surface area (Å²) in [5, 5.41) is 9.75. The van der Waals surface area contributed by atoms with Crippen molar-refractivity contribution in [2.24, 2.45) is 5.92 Å². The number of hydrogen-bond acceptors (Lipinski definition) is 4. The first-order valence-corrected chi connectivity index (χ1v) is 7.37. The minimum absolute atomic E-state index is 0.123. The number of likely N-dealkylation sites (tertiary alicyclic amines) is 1. The molecule has 22 heavy (non-hydrogen) atoms. The van der Waals surface area contributed by atoms with Crippen LogP contribution in [0.2, 0.25) is 5.15 Å². The molecule has 0 aromatic carbocycles. The highest BCUT2D eigenvalue weighted by molar-refractivity contribution is 6.29. The Bertz CT molecular complexity index is 568. The van der Waals surface area contributed by atoms with Crippen molar-refractivity contribution >= 4 is 23.7 Å². The van der Waals surface area contributed by atoms with E-state index in [1.165, 1.54) is 4.90 Å². The van der Waals surface area contributed by atoms with Crippen LogP contribution in [0.15, 0.2) is 18.3 Å². The van der Waals surface area contributed by atoms with Crippen molar-refractivity contribution in [2.75, 3.05) is 13.1 Å². The van der Waals surface area contributed by atoms with Crippen molar-refractivity contribution in [3.8, 4) is 0 Å². The second-order valence-corrected chi connectivity index (χ2v) is 6.74. The third-order valence-corrected chi connectivity index (χ3v) is 3.69. The molecule has 0 spiro atoms. The summed E-state index contributed by atoms with van der Waals surface area (Å²) in [5.41, 5.74) is 0.137. The predicted octanol–water partition coefficient (Wildman–Crippen LogP) is 2.77. The molecule has 1 amide bonds. The van der Waals surface area contributed by atoms with E-state index in [0.29, 0.717) is 5.15 Å². The van der Waals surface area contributed by atoms with Gasteiger partial charge in [0.1, 0.15) is 10.8 Å². The predicted molar refractivity (Wildman–Crippen MR) is 80.9 cm³/mol. The van der Waals surface area contributed by atoms with E-state index in [9.17, 15) is 14.7 Å². The standard InChI is InChI=1S/C15H19ClN2O4/c1-15(2,3)22-14(21)18-7-10(11(8-18)13(19)20)9-4-5-12(16)17-6-9/h4-6,10-11H,7-8H2,1-3H3,(H,19,20). The van der Waals surface area contributed by atoms with E-state index in [-0.39, 0.29) is 19.0 Å². The van der Waals surface area contributed by atoms with E-state index >= 15 is 0 Å². The zero-order valence-electron chi connectivity index (χ0n) is 12.7. The average molecular weight is 327 g/mol. The summed E-state index contributed by atoms with van der Waals surface area (Å²) in [4.78, 5) is 29.0. The smallest absolute Gasteiger partial charge is 0.410 e. The Morgan fingerprint density at radius 1 is 1.36 bits per heavy atom. The first kappa shape index (κ1) is 16.5. The quantitative estimate of drug-likeness (QED) is 0.845. The summed E-state index contributed by atoms with van der Waals surface area (Å²) in [7, 11) is 0. The largest absolute Gasteiger partial charge is 0.481 e. The molecule has 1 N–H and O–H groups in total. The maximum absolute atomic E-state index is 12.1. The lowest BCUT2D eigenvalue weighted by atomic mass is 9.90.